The second-order valence-corrected chi connectivity index (χ2v) is 6.35. The number of carbonyl (C=O) groups is 2. The number of aryl methyl sites for hydroxylation is 1. The summed E-state index contributed by atoms with van der Waals surface area (Å²) in [7, 11) is 1.78. The first-order valence-corrected chi connectivity index (χ1v) is 8.47. The van der Waals surface area contributed by atoms with E-state index in [0.717, 1.165) is 27.1 Å². The van der Waals surface area contributed by atoms with Crippen LogP contribution in [0.4, 0.5) is 0 Å². The average molecular weight is 355 g/mol. The molecule has 1 N–H and O–H groups in total. The van der Waals surface area contributed by atoms with Crippen LogP contribution in [0.15, 0.2) is 42.5 Å². The van der Waals surface area contributed by atoms with Crippen LogP contribution < -0.4 is 5.32 Å². The van der Waals surface area contributed by atoms with Crippen LogP contribution in [0.1, 0.15) is 15.9 Å². The van der Waals surface area contributed by atoms with Crippen molar-refractivity contribution < 1.29 is 9.59 Å². The summed E-state index contributed by atoms with van der Waals surface area (Å²) >= 11 is 6.40. The standard InChI is InChI=1S/C20H19ClN2O2/c1-13-15-6-4-3-5-14(15)11-17-18(21)8-7-16(19(13)17)20(25)23(12-24)10-9-22-2/h3-8,11-12,22H,9-10H2,1-2H3. The van der Waals surface area contributed by atoms with Crippen molar-refractivity contribution in [3.05, 3.63) is 58.6 Å². The Balaban J connectivity index is 2.25. The van der Waals surface area contributed by atoms with Gasteiger partial charge in [0.15, 0.2) is 0 Å². The molecule has 3 aromatic carbocycles. The van der Waals surface area contributed by atoms with E-state index in [2.05, 4.69) is 5.32 Å². The van der Waals surface area contributed by atoms with Crippen LogP contribution in [-0.4, -0.2) is 37.4 Å². The largest absolute Gasteiger partial charge is 0.318 e. The lowest BCUT2D eigenvalue weighted by molar-refractivity contribution is -0.115. The summed E-state index contributed by atoms with van der Waals surface area (Å²) in [5.41, 5.74) is 1.48. The molecule has 0 radical (unpaired) electrons. The lowest BCUT2D eigenvalue weighted by Crippen LogP contribution is -2.35. The molecule has 0 fully saturated rings. The van der Waals surface area contributed by atoms with E-state index >= 15 is 0 Å². The highest BCUT2D eigenvalue weighted by Crippen LogP contribution is 2.34. The summed E-state index contributed by atoms with van der Waals surface area (Å²) in [4.78, 5) is 25.5. The average Bonchev–Trinajstić information content (AvgIpc) is 2.63. The van der Waals surface area contributed by atoms with Crippen molar-refractivity contribution in [2.24, 2.45) is 0 Å². The number of nitrogens with zero attached hydrogens (tertiary/aromatic N) is 1. The summed E-state index contributed by atoms with van der Waals surface area (Å²) in [5, 5.41) is 7.30. The molecule has 25 heavy (non-hydrogen) atoms. The second-order valence-electron chi connectivity index (χ2n) is 5.95. The zero-order valence-electron chi connectivity index (χ0n) is 14.2. The molecule has 0 atom stereocenters. The zero-order valence-corrected chi connectivity index (χ0v) is 14.9. The van der Waals surface area contributed by atoms with E-state index in [4.69, 9.17) is 11.6 Å². The van der Waals surface area contributed by atoms with Gasteiger partial charge in [-0.2, -0.15) is 0 Å². The van der Waals surface area contributed by atoms with Gasteiger partial charge in [0.05, 0.1) is 0 Å². The normalized spacial score (nSPS) is 11.0. The van der Waals surface area contributed by atoms with Crippen LogP contribution in [0.3, 0.4) is 0 Å². The summed E-state index contributed by atoms with van der Waals surface area (Å²) in [6, 6.07) is 13.4. The van der Waals surface area contributed by atoms with Gasteiger partial charge >= 0.3 is 0 Å². The summed E-state index contributed by atoms with van der Waals surface area (Å²) in [6.07, 6.45) is 0.580. The summed E-state index contributed by atoms with van der Waals surface area (Å²) in [5.74, 6) is -0.315. The van der Waals surface area contributed by atoms with Crippen molar-refractivity contribution in [2.45, 2.75) is 6.92 Å². The van der Waals surface area contributed by atoms with Gasteiger partial charge in [0.2, 0.25) is 6.41 Å². The molecule has 5 heteroatoms. The Morgan fingerprint density at radius 2 is 1.96 bits per heavy atom. The first kappa shape index (κ1) is 17.4. The summed E-state index contributed by atoms with van der Waals surface area (Å²) < 4.78 is 0. The molecule has 0 bridgehead atoms. The quantitative estimate of drug-likeness (QED) is 0.560. The number of carbonyl (C=O) groups excluding carboxylic acids is 2. The fourth-order valence-electron chi connectivity index (χ4n) is 3.16. The van der Waals surface area contributed by atoms with Gasteiger partial charge in [-0.25, -0.2) is 0 Å². The summed E-state index contributed by atoms with van der Waals surface area (Å²) in [6.45, 7) is 2.84. The van der Waals surface area contributed by atoms with Gasteiger partial charge in [0, 0.05) is 29.1 Å². The highest BCUT2D eigenvalue weighted by atomic mass is 35.5. The third-order valence-electron chi connectivity index (χ3n) is 4.45. The molecule has 0 spiro atoms. The first-order chi connectivity index (χ1) is 12.1. The van der Waals surface area contributed by atoms with Crippen LogP contribution >= 0.6 is 11.6 Å². The van der Waals surface area contributed by atoms with Crippen molar-refractivity contribution >= 4 is 45.5 Å². The number of rotatable bonds is 5. The van der Waals surface area contributed by atoms with Gasteiger partial charge < -0.3 is 5.32 Å². The maximum Gasteiger partial charge on any atom is 0.260 e. The molecule has 0 unspecified atom stereocenters. The number of fused-ring (bicyclic) bond motifs is 2. The van der Waals surface area contributed by atoms with Gasteiger partial charge in [-0.3, -0.25) is 14.5 Å². The lowest BCUT2D eigenvalue weighted by Gasteiger charge is -2.18. The molecule has 2 amide bonds. The molecular weight excluding hydrogens is 336 g/mol. The number of hydrogen-bond acceptors (Lipinski definition) is 3. The Hall–Kier alpha value is -2.43. The predicted octanol–water partition coefficient (Wildman–Crippen LogP) is 3.77. The van der Waals surface area contributed by atoms with Crippen LogP contribution in [0.2, 0.25) is 5.02 Å². The fraction of sp³-hybridized carbons (Fsp3) is 0.200. The Kier molecular flexibility index (Phi) is 5.02. The van der Waals surface area contributed by atoms with E-state index in [1.807, 2.05) is 37.3 Å². The van der Waals surface area contributed by atoms with Gasteiger partial charge in [0.1, 0.15) is 0 Å². The minimum absolute atomic E-state index is 0.315. The van der Waals surface area contributed by atoms with E-state index in [9.17, 15) is 9.59 Å². The maximum atomic E-state index is 12.9. The SMILES string of the molecule is CNCCN(C=O)C(=O)c1ccc(Cl)c2cc3ccccc3c(C)c12. The monoisotopic (exact) mass is 354 g/mol. The molecule has 0 saturated heterocycles. The molecule has 0 aliphatic carbocycles. The van der Waals surface area contributed by atoms with Crippen molar-refractivity contribution in [1.82, 2.24) is 10.2 Å². The number of halogens is 1. The highest BCUT2D eigenvalue weighted by molar-refractivity contribution is 6.37. The van der Waals surface area contributed by atoms with E-state index in [1.165, 1.54) is 4.90 Å². The van der Waals surface area contributed by atoms with Crippen LogP contribution in [0.5, 0.6) is 0 Å². The van der Waals surface area contributed by atoms with Gasteiger partial charge in [-0.1, -0.05) is 35.9 Å². The smallest absolute Gasteiger partial charge is 0.260 e. The topological polar surface area (TPSA) is 49.4 Å². The molecule has 0 aliphatic rings. The minimum atomic E-state index is -0.315. The molecule has 0 saturated carbocycles. The Labute approximate surface area is 151 Å². The maximum absolute atomic E-state index is 12.9. The van der Waals surface area contributed by atoms with E-state index < -0.39 is 0 Å². The molecule has 0 heterocycles. The Morgan fingerprint density at radius 3 is 2.68 bits per heavy atom. The molecule has 4 nitrogen and oxygen atoms in total. The van der Waals surface area contributed by atoms with Crippen LogP contribution in [-0.2, 0) is 4.79 Å². The van der Waals surface area contributed by atoms with Crippen molar-refractivity contribution in [3.63, 3.8) is 0 Å². The molecule has 3 aromatic rings. The third-order valence-corrected chi connectivity index (χ3v) is 4.78. The third kappa shape index (κ3) is 3.11. The van der Waals surface area contributed by atoms with Crippen LogP contribution in [0.25, 0.3) is 21.5 Å². The Bertz CT molecular complexity index is 969. The predicted molar refractivity (Wildman–Crippen MR) is 102 cm³/mol. The number of amides is 2. The van der Waals surface area contributed by atoms with Crippen molar-refractivity contribution in [2.75, 3.05) is 20.1 Å². The van der Waals surface area contributed by atoms with E-state index in [0.29, 0.717) is 30.1 Å². The fourth-order valence-corrected chi connectivity index (χ4v) is 3.37. The van der Waals surface area contributed by atoms with E-state index in [1.54, 1.807) is 19.2 Å². The molecule has 0 aliphatic heterocycles. The number of imide groups is 1. The molecule has 128 valence electrons. The lowest BCUT2D eigenvalue weighted by atomic mass is 9.94. The molecule has 0 aromatic heterocycles. The van der Waals surface area contributed by atoms with Crippen molar-refractivity contribution in [3.8, 4) is 0 Å². The number of benzene rings is 3. The molecular formula is C20H19ClN2O2. The van der Waals surface area contributed by atoms with Gasteiger partial charge in [0.25, 0.3) is 5.91 Å². The highest BCUT2D eigenvalue weighted by Gasteiger charge is 2.20. The Morgan fingerprint density at radius 1 is 1.20 bits per heavy atom. The van der Waals surface area contributed by atoms with Crippen LogP contribution in [0, 0.1) is 6.92 Å². The number of hydrogen-bond donors (Lipinski definition) is 1. The van der Waals surface area contributed by atoms with Gasteiger partial charge in [-0.05, 0) is 53.9 Å². The zero-order chi connectivity index (χ0) is 18.0. The minimum Gasteiger partial charge on any atom is -0.318 e. The molecule has 3 rings (SSSR count). The number of nitrogens with one attached hydrogen (secondary N) is 1. The van der Waals surface area contributed by atoms with Gasteiger partial charge in [-0.15, -0.1) is 0 Å². The van der Waals surface area contributed by atoms with E-state index in [-0.39, 0.29) is 5.91 Å². The second kappa shape index (κ2) is 7.21. The number of likely N-dealkylation sites (N-methyl/N-ethyl adjacent to an activating group) is 1. The first-order valence-electron chi connectivity index (χ1n) is 8.10. The van der Waals surface area contributed by atoms with Crippen molar-refractivity contribution in [1.29, 1.82) is 0 Å².